The molecule has 2 aromatic rings. The maximum absolute atomic E-state index is 13.5. The summed E-state index contributed by atoms with van der Waals surface area (Å²) < 4.78 is 23.6. The minimum absolute atomic E-state index is 0.0358. The van der Waals surface area contributed by atoms with Crippen molar-refractivity contribution in [3.05, 3.63) is 35.4 Å². The number of hydrogen-bond donors (Lipinski definition) is 1. The number of ether oxygens (including phenoxy) is 4. The van der Waals surface area contributed by atoms with Gasteiger partial charge >= 0.3 is 0 Å². The van der Waals surface area contributed by atoms with Gasteiger partial charge in [0.15, 0.2) is 23.0 Å². The summed E-state index contributed by atoms with van der Waals surface area (Å²) in [6.45, 7) is 3.50. The monoisotopic (exact) mass is 628 g/mol. The lowest BCUT2D eigenvalue weighted by molar-refractivity contribution is 0.0603. The molecular weight excluding hydrogens is 584 g/mol. The number of fused-ring (bicyclic) bond motifs is 4. The van der Waals surface area contributed by atoms with E-state index in [1.807, 2.05) is 29.3 Å². The molecule has 2 saturated heterocycles. The zero-order chi connectivity index (χ0) is 31.5. The van der Waals surface area contributed by atoms with Gasteiger partial charge in [-0.25, -0.2) is 0 Å². The number of carbonyl (C=O) groups excluding carboxylic acids is 2. The molecule has 4 fully saturated rings. The summed E-state index contributed by atoms with van der Waals surface area (Å²) in [6.07, 6.45) is 12.7. The van der Waals surface area contributed by atoms with Crippen LogP contribution in [0.1, 0.15) is 84.9 Å². The predicted molar refractivity (Wildman–Crippen MR) is 174 cm³/mol. The van der Waals surface area contributed by atoms with Crippen LogP contribution in [0.4, 0.5) is 11.4 Å². The summed E-state index contributed by atoms with van der Waals surface area (Å²) in [5.74, 6) is 2.50. The molecule has 2 spiro atoms. The second kappa shape index (κ2) is 11.4. The third kappa shape index (κ3) is 5.33. The Balaban J connectivity index is 0.844. The molecule has 2 unspecified atom stereocenters. The van der Waals surface area contributed by atoms with Crippen molar-refractivity contribution in [2.45, 2.75) is 76.3 Å². The second-order valence-corrected chi connectivity index (χ2v) is 14.3. The Morgan fingerprint density at radius 2 is 1.43 bits per heavy atom. The number of methoxy groups -OCH3 is 2. The zero-order valence-corrected chi connectivity index (χ0v) is 26.9. The van der Waals surface area contributed by atoms with E-state index in [9.17, 15) is 9.59 Å². The minimum atomic E-state index is 0.0358. The van der Waals surface area contributed by atoms with Crippen molar-refractivity contribution in [3.63, 3.8) is 0 Å². The van der Waals surface area contributed by atoms with Crippen LogP contribution in [0.25, 0.3) is 0 Å². The zero-order valence-electron chi connectivity index (χ0n) is 26.9. The van der Waals surface area contributed by atoms with Gasteiger partial charge in [0, 0.05) is 44.0 Å². The Labute approximate surface area is 270 Å². The van der Waals surface area contributed by atoms with Crippen LogP contribution in [0.3, 0.4) is 0 Å². The number of aliphatic imine (C=N–C) groups is 1. The molecule has 2 aromatic carbocycles. The van der Waals surface area contributed by atoms with Gasteiger partial charge < -0.3 is 34.1 Å². The highest BCUT2D eigenvalue weighted by molar-refractivity contribution is 6.03. The lowest BCUT2D eigenvalue weighted by Gasteiger charge is -2.37. The topological polar surface area (TPSA) is 102 Å². The van der Waals surface area contributed by atoms with Crippen LogP contribution in [0, 0.1) is 10.8 Å². The van der Waals surface area contributed by atoms with Crippen LogP contribution in [0.15, 0.2) is 29.3 Å². The number of unbranched alkanes of at least 4 members (excludes halogenated alkanes) is 2. The molecule has 6 aliphatic rings. The maximum Gasteiger partial charge on any atom is 0.256 e. The van der Waals surface area contributed by atoms with E-state index in [2.05, 4.69) is 10.2 Å². The van der Waals surface area contributed by atoms with Gasteiger partial charge in [-0.1, -0.05) is 0 Å². The van der Waals surface area contributed by atoms with Crippen molar-refractivity contribution < 1.29 is 28.5 Å². The molecule has 4 aliphatic heterocycles. The Bertz CT molecular complexity index is 1580. The fourth-order valence-corrected chi connectivity index (χ4v) is 7.96. The molecule has 10 heteroatoms. The van der Waals surface area contributed by atoms with Crippen LogP contribution in [-0.4, -0.2) is 87.0 Å². The van der Waals surface area contributed by atoms with Gasteiger partial charge in [0.1, 0.15) is 0 Å². The van der Waals surface area contributed by atoms with Crippen LogP contribution >= 0.6 is 0 Å². The average Bonchev–Trinajstić information content (AvgIpc) is 3.99. The number of amides is 2. The normalized spacial score (nSPS) is 24.3. The highest BCUT2D eigenvalue weighted by atomic mass is 16.5. The summed E-state index contributed by atoms with van der Waals surface area (Å²) in [5, 5.41) is 3.52. The number of benzene rings is 2. The smallest absolute Gasteiger partial charge is 0.256 e. The van der Waals surface area contributed by atoms with E-state index in [1.165, 1.54) is 32.1 Å². The number of nitrogens with zero attached hydrogens (tertiary/aromatic N) is 3. The number of rotatable bonds is 10. The Morgan fingerprint density at radius 1 is 0.783 bits per heavy atom. The van der Waals surface area contributed by atoms with E-state index in [1.54, 1.807) is 20.3 Å². The molecule has 0 bridgehead atoms. The SMILES string of the molecule is COc1cc2c(cc1OCCCCCOc1cc3c(cc1OC)C(=O)N1CC4(CC4)CC1CN3)N=CC1CCC3(CC3)CN1C2=O. The van der Waals surface area contributed by atoms with Crippen molar-refractivity contribution in [1.29, 1.82) is 0 Å². The van der Waals surface area contributed by atoms with Gasteiger partial charge in [-0.3, -0.25) is 14.6 Å². The number of hydrogen-bond acceptors (Lipinski definition) is 8. The number of nitrogens with one attached hydrogen (secondary N) is 1. The van der Waals surface area contributed by atoms with E-state index in [0.717, 1.165) is 57.4 Å². The Kier molecular flexibility index (Phi) is 7.29. The molecule has 1 N–H and O–H groups in total. The highest BCUT2D eigenvalue weighted by Gasteiger charge is 2.54. The molecule has 2 amide bonds. The first-order valence-electron chi connectivity index (χ1n) is 17.0. The van der Waals surface area contributed by atoms with Gasteiger partial charge in [0.05, 0.1) is 56.0 Å². The van der Waals surface area contributed by atoms with Crippen LogP contribution < -0.4 is 24.3 Å². The fraction of sp³-hybridized carbons (Fsp3) is 0.583. The largest absolute Gasteiger partial charge is 0.493 e. The first-order valence-corrected chi connectivity index (χ1v) is 17.0. The van der Waals surface area contributed by atoms with E-state index >= 15 is 0 Å². The second-order valence-electron chi connectivity index (χ2n) is 14.3. The quantitative estimate of drug-likeness (QED) is 0.329. The van der Waals surface area contributed by atoms with Crippen molar-refractivity contribution in [2.75, 3.05) is 52.4 Å². The molecule has 2 aliphatic carbocycles. The third-order valence-corrected chi connectivity index (χ3v) is 11.2. The summed E-state index contributed by atoms with van der Waals surface area (Å²) in [4.78, 5) is 35.8. The van der Waals surface area contributed by atoms with Crippen LogP contribution in [-0.2, 0) is 0 Å². The molecular formula is C36H44N4O6. The molecule has 0 aromatic heterocycles. The minimum Gasteiger partial charge on any atom is -0.493 e. The highest BCUT2D eigenvalue weighted by Crippen LogP contribution is 2.56. The Hall–Kier alpha value is -3.95. The molecule has 46 heavy (non-hydrogen) atoms. The molecule has 0 radical (unpaired) electrons. The van der Waals surface area contributed by atoms with Gasteiger partial charge in [0.25, 0.3) is 11.8 Å². The molecule has 8 rings (SSSR count). The molecule has 244 valence electrons. The van der Waals surface area contributed by atoms with Gasteiger partial charge in [-0.15, -0.1) is 0 Å². The van der Waals surface area contributed by atoms with Crippen molar-refractivity contribution >= 4 is 29.4 Å². The summed E-state index contributed by atoms with van der Waals surface area (Å²) in [5.41, 5.74) is 3.41. The van der Waals surface area contributed by atoms with Crippen molar-refractivity contribution in [3.8, 4) is 23.0 Å². The summed E-state index contributed by atoms with van der Waals surface area (Å²) >= 11 is 0. The lowest BCUT2D eigenvalue weighted by atomic mass is 9.90. The van der Waals surface area contributed by atoms with Gasteiger partial charge in [-0.05, 0) is 87.2 Å². The lowest BCUT2D eigenvalue weighted by Crippen LogP contribution is -2.47. The Morgan fingerprint density at radius 3 is 2.13 bits per heavy atom. The standard InChI is InChI=1S/C36H44N4O6/c1-43-29-14-25-27(37-19-23-6-7-35(8-9-35)21-39(23)33(25)41)16-31(29)45-12-4-3-5-13-46-32-17-28-26(15-30(32)44-2)34(42)40-22-36(10-11-36)18-24(40)20-38-28/h14-17,19,23-24,38H,3-13,18,20-22H2,1-2H3. The molecule has 4 heterocycles. The molecule has 2 atom stereocenters. The predicted octanol–water partition coefficient (Wildman–Crippen LogP) is 5.85. The number of carbonyl (C=O) groups is 2. The summed E-state index contributed by atoms with van der Waals surface area (Å²) in [7, 11) is 3.22. The molecule has 10 nitrogen and oxygen atoms in total. The number of anilines is 1. The van der Waals surface area contributed by atoms with E-state index in [-0.39, 0.29) is 23.9 Å². The van der Waals surface area contributed by atoms with Crippen molar-refractivity contribution in [2.24, 2.45) is 15.8 Å². The van der Waals surface area contributed by atoms with Gasteiger partial charge in [0.2, 0.25) is 0 Å². The van der Waals surface area contributed by atoms with E-state index < -0.39 is 0 Å². The van der Waals surface area contributed by atoms with E-state index in [0.29, 0.717) is 63.9 Å². The van der Waals surface area contributed by atoms with E-state index in [4.69, 9.17) is 23.9 Å². The number of piperidine rings is 1. The first kappa shape index (κ1) is 29.5. The maximum atomic E-state index is 13.5. The van der Waals surface area contributed by atoms with Crippen LogP contribution in [0.5, 0.6) is 23.0 Å². The third-order valence-electron chi connectivity index (χ3n) is 11.2. The fourth-order valence-electron chi connectivity index (χ4n) is 7.96. The first-order chi connectivity index (χ1) is 22.4. The average molecular weight is 629 g/mol. The van der Waals surface area contributed by atoms with Crippen LogP contribution in [0.2, 0.25) is 0 Å². The molecule has 2 saturated carbocycles. The van der Waals surface area contributed by atoms with Crippen molar-refractivity contribution in [1.82, 2.24) is 9.80 Å². The van der Waals surface area contributed by atoms with Gasteiger partial charge in [-0.2, -0.15) is 0 Å². The summed E-state index contributed by atoms with van der Waals surface area (Å²) in [6, 6.07) is 7.68.